The van der Waals surface area contributed by atoms with Gasteiger partial charge in [0.05, 0.1) is 3.79 Å². The van der Waals surface area contributed by atoms with Gasteiger partial charge in [-0.1, -0.05) is 6.07 Å². The molecule has 0 saturated heterocycles. The van der Waals surface area contributed by atoms with Gasteiger partial charge in [-0.05, 0) is 53.5 Å². The van der Waals surface area contributed by atoms with E-state index in [9.17, 15) is 0 Å². The molecule has 0 amide bonds. The molecule has 0 aliphatic carbocycles. The van der Waals surface area contributed by atoms with Gasteiger partial charge in [-0.15, -0.1) is 11.3 Å². The van der Waals surface area contributed by atoms with Crippen LogP contribution in [-0.4, -0.2) is 11.5 Å². The molecule has 0 saturated carbocycles. The SMILES string of the molecule is Cc1cccc(NCCc2ccc(Br)s2)n1. The van der Waals surface area contributed by atoms with Gasteiger partial charge in [0.2, 0.25) is 0 Å². The Labute approximate surface area is 108 Å². The van der Waals surface area contributed by atoms with Crippen LogP contribution in [0.3, 0.4) is 0 Å². The lowest BCUT2D eigenvalue weighted by Gasteiger charge is -2.04. The van der Waals surface area contributed by atoms with Gasteiger partial charge in [-0.3, -0.25) is 0 Å². The zero-order valence-electron chi connectivity index (χ0n) is 9.03. The van der Waals surface area contributed by atoms with Crippen molar-refractivity contribution in [2.24, 2.45) is 0 Å². The van der Waals surface area contributed by atoms with Crippen molar-refractivity contribution < 1.29 is 0 Å². The maximum Gasteiger partial charge on any atom is 0.126 e. The summed E-state index contributed by atoms with van der Waals surface area (Å²) < 4.78 is 1.19. The molecule has 0 unspecified atom stereocenters. The van der Waals surface area contributed by atoms with E-state index in [1.165, 1.54) is 8.66 Å². The number of anilines is 1. The maximum absolute atomic E-state index is 4.39. The first kappa shape index (κ1) is 11.6. The van der Waals surface area contributed by atoms with E-state index in [2.05, 4.69) is 38.4 Å². The lowest BCUT2D eigenvalue weighted by molar-refractivity contribution is 1.02. The highest BCUT2D eigenvalue weighted by molar-refractivity contribution is 9.11. The molecular formula is C12H13BrN2S. The van der Waals surface area contributed by atoms with Crippen molar-refractivity contribution in [3.8, 4) is 0 Å². The van der Waals surface area contributed by atoms with E-state index in [0.29, 0.717) is 0 Å². The molecule has 84 valence electrons. The van der Waals surface area contributed by atoms with Crippen LogP contribution in [0.1, 0.15) is 10.6 Å². The molecule has 2 aromatic rings. The van der Waals surface area contributed by atoms with Crippen molar-refractivity contribution >= 4 is 33.1 Å². The molecule has 0 radical (unpaired) electrons. The number of rotatable bonds is 4. The fraction of sp³-hybridized carbons (Fsp3) is 0.250. The summed E-state index contributed by atoms with van der Waals surface area (Å²) in [6.07, 6.45) is 1.03. The predicted molar refractivity (Wildman–Crippen MR) is 73.2 cm³/mol. The largest absolute Gasteiger partial charge is 0.370 e. The van der Waals surface area contributed by atoms with Crippen LogP contribution in [0, 0.1) is 6.92 Å². The summed E-state index contributed by atoms with van der Waals surface area (Å²) >= 11 is 5.25. The van der Waals surface area contributed by atoms with E-state index in [4.69, 9.17) is 0 Å². The van der Waals surface area contributed by atoms with E-state index < -0.39 is 0 Å². The summed E-state index contributed by atoms with van der Waals surface area (Å²) in [5, 5.41) is 3.32. The second-order valence-electron chi connectivity index (χ2n) is 3.55. The normalized spacial score (nSPS) is 10.4. The van der Waals surface area contributed by atoms with Crippen LogP contribution >= 0.6 is 27.3 Å². The number of pyridine rings is 1. The molecular weight excluding hydrogens is 284 g/mol. The Bertz CT molecular complexity index is 468. The van der Waals surface area contributed by atoms with Crippen molar-refractivity contribution in [3.63, 3.8) is 0 Å². The number of aryl methyl sites for hydroxylation is 1. The van der Waals surface area contributed by atoms with Gasteiger partial charge >= 0.3 is 0 Å². The van der Waals surface area contributed by atoms with E-state index >= 15 is 0 Å². The molecule has 0 fully saturated rings. The second-order valence-corrected chi connectivity index (χ2v) is 6.09. The lowest BCUT2D eigenvalue weighted by Crippen LogP contribution is -2.05. The van der Waals surface area contributed by atoms with E-state index in [1.807, 2.05) is 25.1 Å². The molecule has 2 heterocycles. The van der Waals surface area contributed by atoms with Gasteiger partial charge in [0.25, 0.3) is 0 Å². The molecule has 0 atom stereocenters. The molecule has 16 heavy (non-hydrogen) atoms. The van der Waals surface area contributed by atoms with Gasteiger partial charge < -0.3 is 5.32 Å². The molecule has 0 bridgehead atoms. The molecule has 0 aliphatic heterocycles. The molecule has 0 spiro atoms. The number of hydrogen-bond donors (Lipinski definition) is 1. The summed E-state index contributed by atoms with van der Waals surface area (Å²) in [7, 11) is 0. The summed E-state index contributed by atoms with van der Waals surface area (Å²) in [6.45, 7) is 2.92. The van der Waals surface area contributed by atoms with Crippen LogP contribution in [0.5, 0.6) is 0 Å². The van der Waals surface area contributed by atoms with Crippen LogP contribution in [0.15, 0.2) is 34.1 Å². The molecule has 1 N–H and O–H groups in total. The smallest absolute Gasteiger partial charge is 0.126 e. The molecule has 2 rings (SSSR count). The number of nitrogens with zero attached hydrogens (tertiary/aromatic N) is 1. The molecule has 0 aromatic carbocycles. The first-order chi connectivity index (χ1) is 7.74. The van der Waals surface area contributed by atoms with Gasteiger partial charge in [-0.2, -0.15) is 0 Å². The monoisotopic (exact) mass is 296 g/mol. The quantitative estimate of drug-likeness (QED) is 0.926. The van der Waals surface area contributed by atoms with Crippen LogP contribution in [-0.2, 0) is 6.42 Å². The van der Waals surface area contributed by atoms with Gasteiger partial charge in [0, 0.05) is 17.1 Å². The Hall–Kier alpha value is -0.870. The van der Waals surface area contributed by atoms with Crippen LogP contribution in [0.4, 0.5) is 5.82 Å². The molecule has 2 nitrogen and oxygen atoms in total. The standard InChI is InChI=1S/C12H13BrN2S/c1-9-3-2-4-12(15-9)14-8-7-10-5-6-11(13)16-10/h2-6H,7-8H2,1H3,(H,14,15). The van der Waals surface area contributed by atoms with E-state index in [0.717, 1.165) is 24.5 Å². The second kappa shape index (κ2) is 5.46. The van der Waals surface area contributed by atoms with Crippen LogP contribution in [0.25, 0.3) is 0 Å². The zero-order chi connectivity index (χ0) is 11.4. The summed E-state index contributed by atoms with van der Waals surface area (Å²) in [4.78, 5) is 5.77. The Morgan fingerprint density at radius 3 is 2.88 bits per heavy atom. The first-order valence-corrected chi connectivity index (χ1v) is 6.77. The topological polar surface area (TPSA) is 24.9 Å². The number of halogens is 1. The van der Waals surface area contributed by atoms with Crippen molar-refractivity contribution in [1.82, 2.24) is 4.98 Å². The summed E-state index contributed by atoms with van der Waals surface area (Å²) in [6, 6.07) is 10.3. The van der Waals surface area contributed by atoms with Gasteiger partial charge in [-0.25, -0.2) is 4.98 Å². The number of thiophene rings is 1. The minimum Gasteiger partial charge on any atom is -0.370 e. The summed E-state index contributed by atoms with van der Waals surface area (Å²) in [5.41, 5.74) is 1.05. The minimum atomic E-state index is 0.920. The highest BCUT2D eigenvalue weighted by Crippen LogP contribution is 2.22. The zero-order valence-corrected chi connectivity index (χ0v) is 11.4. The number of nitrogens with one attached hydrogen (secondary N) is 1. The number of aromatic nitrogens is 1. The third-order valence-electron chi connectivity index (χ3n) is 2.19. The maximum atomic E-state index is 4.39. The van der Waals surface area contributed by atoms with Crippen LogP contribution < -0.4 is 5.32 Å². The average Bonchev–Trinajstić information content (AvgIpc) is 2.64. The van der Waals surface area contributed by atoms with Gasteiger partial charge in [0.15, 0.2) is 0 Å². The van der Waals surface area contributed by atoms with E-state index in [1.54, 1.807) is 11.3 Å². The van der Waals surface area contributed by atoms with Crippen molar-refractivity contribution in [2.75, 3.05) is 11.9 Å². The Morgan fingerprint density at radius 2 is 2.19 bits per heavy atom. The predicted octanol–water partition coefficient (Wildman–Crippen LogP) is 3.87. The first-order valence-electron chi connectivity index (χ1n) is 5.16. The lowest BCUT2D eigenvalue weighted by atomic mass is 10.3. The third-order valence-corrected chi connectivity index (χ3v) is 3.88. The highest BCUT2D eigenvalue weighted by atomic mass is 79.9. The Kier molecular flexibility index (Phi) is 3.96. The highest BCUT2D eigenvalue weighted by Gasteiger charge is 1.98. The third kappa shape index (κ3) is 3.32. The molecule has 0 aliphatic rings. The summed E-state index contributed by atoms with van der Waals surface area (Å²) in [5.74, 6) is 0.954. The van der Waals surface area contributed by atoms with E-state index in [-0.39, 0.29) is 0 Å². The average molecular weight is 297 g/mol. The van der Waals surface area contributed by atoms with Crippen molar-refractivity contribution in [3.05, 3.63) is 44.7 Å². The van der Waals surface area contributed by atoms with Crippen LogP contribution in [0.2, 0.25) is 0 Å². The minimum absolute atomic E-state index is 0.920. The number of hydrogen-bond acceptors (Lipinski definition) is 3. The fourth-order valence-electron chi connectivity index (χ4n) is 1.44. The molecule has 4 heteroatoms. The Morgan fingerprint density at radius 1 is 1.31 bits per heavy atom. The molecule has 2 aromatic heterocycles. The van der Waals surface area contributed by atoms with Crippen molar-refractivity contribution in [1.29, 1.82) is 0 Å². The van der Waals surface area contributed by atoms with Gasteiger partial charge in [0.1, 0.15) is 5.82 Å². The Balaban J connectivity index is 1.84. The van der Waals surface area contributed by atoms with Crippen molar-refractivity contribution in [2.45, 2.75) is 13.3 Å². The fourth-order valence-corrected chi connectivity index (χ4v) is 2.92.